The standard InChI is InChI=1S/C28H35FN2O4/c1-2-30-17-19-34-25-13-6-4-10-23(25)11-7-8-16-28(27(30)33)21-31(18-20-35-28)26(32)15-14-22-9-3-5-12-24(22)29/h3-6,9-10,12-13H,2,7-8,11,14-21H2,1H3. The molecule has 2 aromatic carbocycles. The van der Waals surface area contributed by atoms with Crippen LogP contribution in [-0.2, 0) is 27.2 Å². The Bertz CT molecular complexity index is 1030. The van der Waals surface area contributed by atoms with Gasteiger partial charge in [0.05, 0.1) is 19.7 Å². The maximum Gasteiger partial charge on any atom is 0.256 e. The van der Waals surface area contributed by atoms with Gasteiger partial charge in [-0.05, 0) is 62.3 Å². The Hall–Kier alpha value is -2.93. The second-order valence-electron chi connectivity index (χ2n) is 9.30. The van der Waals surface area contributed by atoms with Crippen molar-refractivity contribution in [2.45, 2.75) is 51.0 Å². The van der Waals surface area contributed by atoms with Crippen molar-refractivity contribution in [2.24, 2.45) is 0 Å². The molecule has 2 aromatic rings. The van der Waals surface area contributed by atoms with Gasteiger partial charge in [-0.25, -0.2) is 4.39 Å². The van der Waals surface area contributed by atoms with Crippen LogP contribution >= 0.6 is 0 Å². The fourth-order valence-corrected chi connectivity index (χ4v) is 5.02. The fraction of sp³-hybridized carbons (Fsp3) is 0.500. The van der Waals surface area contributed by atoms with E-state index in [2.05, 4.69) is 6.07 Å². The van der Waals surface area contributed by atoms with Crippen LogP contribution in [0.1, 0.15) is 43.7 Å². The topological polar surface area (TPSA) is 59.1 Å². The van der Waals surface area contributed by atoms with Crippen molar-refractivity contribution in [3.8, 4) is 5.75 Å². The molecule has 0 bridgehead atoms. The number of rotatable bonds is 4. The van der Waals surface area contributed by atoms with Crippen LogP contribution in [0.2, 0.25) is 0 Å². The third-order valence-corrected chi connectivity index (χ3v) is 7.03. The van der Waals surface area contributed by atoms with Gasteiger partial charge in [0.25, 0.3) is 5.91 Å². The molecule has 0 saturated carbocycles. The predicted octanol–water partition coefficient (Wildman–Crippen LogP) is 4.01. The first-order chi connectivity index (χ1) is 17.0. The zero-order valence-electron chi connectivity index (χ0n) is 20.5. The van der Waals surface area contributed by atoms with E-state index in [-0.39, 0.29) is 30.6 Å². The first kappa shape index (κ1) is 25.2. The molecule has 2 aliphatic rings. The van der Waals surface area contributed by atoms with Crippen molar-refractivity contribution < 1.29 is 23.5 Å². The Labute approximate surface area is 207 Å². The summed E-state index contributed by atoms with van der Waals surface area (Å²) in [6.07, 6.45) is 3.65. The summed E-state index contributed by atoms with van der Waals surface area (Å²) in [5.41, 5.74) is 0.648. The van der Waals surface area contributed by atoms with Crippen molar-refractivity contribution in [3.63, 3.8) is 0 Å². The molecule has 6 nitrogen and oxygen atoms in total. The molecule has 7 heteroatoms. The molecule has 0 radical (unpaired) electrons. The van der Waals surface area contributed by atoms with E-state index in [9.17, 15) is 14.0 Å². The largest absolute Gasteiger partial charge is 0.491 e. The minimum Gasteiger partial charge on any atom is -0.491 e. The molecule has 35 heavy (non-hydrogen) atoms. The highest BCUT2D eigenvalue weighted by atomic mass is 19.1. The second kappa shape index (κ2) is 11.7. The van der Waals surface area contributed by atoms with Crippen LogP contribution in [0.3, 0.4) is 0 Å². The van der Waals surface area contributed by atoms with Gasteiger partial charge >= 0.3 is 0 Å². The number of carbonyl (C=O) groups excluding carboxylic acids is 2. The maximum atomic E-state index is 14.0. The number of ether oxygens (including phenoxy) is 2. The van der Waals surface area contributed by atoms with Crippen LogP contribution in [-0.4, -0.2) is 66.6 Å². The van der Waals surface area contributed by atoms with Gasteiger partial charge in [-0.15, -0.1) is 0 Å². The van der Waals surface area contributed by atoms with E-state index in [0.29, 0.717) is 51.3 Å². The molecule has 4 rings (SSSR count). The summed E-state index contributed by atoms with van der Waals surface area (Å²) in [6.45, 7) is 4.33. The minimum absolute atomic E-state index is 0.0739. The molecule has 2 amide bonds. The lowest BCUT2D eigenvalue weighted by atomic mass is 9.90. The summed E-state index contributed by atoms with van der Waals surface area (Å²) in [6, 6.07) is 14.6. The van der Waals surface area contributed by atoms with Gasteiger partial charge in [-0.2, -0.15) is 0 Å². The molecule has 2 heterocycles. The lowest BCUT2D eigenvalue weighted by Crippen LogP contribution is -2.62. The van der Waals surface area contributed by atoms with Gasteiger partial charge in [0.2, 0.25) is 5.91 Å². The summed E-state index contributed by atoms with van der Waals surface area (Å²) in [5, 5.41) is 0. The molecule has 188 valence electrons. The number of hydrogen-bond donors (Lipinski definition) is 0. The number of fused-ring (bicyclic) bond motifs is 1. The van der Waals surface area contributed by atoms with Crippen LogP contribution < -0.4 is 4.74 Å². The Balaban J connectivity index is 1.48. The van der Waals surface area contributed by atoms with E-state index in [0.717, 1.165) is 25.0 Å². The number of carbonyl (C=O) groups is 2. The number of hydrogen-bond acceptors (Lipinski definition) is 4. The summed E-state index contributed by atoms with van der Waals surface area (Å²) < 4.78 is 26.2. The van der Waals surface area contributed by atoms with Crippen LogP contribution in [0.5, 0.6) is 5.75 Å². The Morgan fingerprint density at radius 1 is 1.06 bits per heavy atom. The molecule has 1 spiro atoms. The van der Waals surface area contributed by atoms with Crippen LogP contribution in [0.15, 0.2) is 48.5 Å². The van der Waals surface area contributed by atoms with Crippen LogP contribution in [0.4, 0.5) is 4.39 Å². The van der Waals surface area contributed by atoms with Crippen molar-refractivity contribution in [1.82, 2.24) is 9.80 Å². The number of aryl methyl sites for hydroxylation is 2. The molecule has 1 atom stereocenters. The van der Waals surface area contributed by atoms with Gasteiger partial charge < -0.3 is 19.3 Å². The minimum atomic E-state index is -1.05. The number of benzene rings is 2. The number of amides is 2. The molecular weight excluding hydrogens is 447 g/mol. The smallest absolute Gasteiger partial charge is 0.256 e. The summed E-state index contributed by atoms with van der Waals surface area (Å²) in [5.74, 6) is 0.432. The predicted molar refractivity (Wildman–Crippen MR) is 132 cm³/mol. The first-order valence-electron chi connectivity index (χ1n) is 12.7. The zero-order valence-corrected chi connectivity index (χ0v) is 20.5. The molecule has 0 N–H and O–H groups in total. The third kappa shape index (κ3) is 6.01. The average molecular weight is 483 g/mol. The lowest BCUT2D eigenvalue weighted by Gasteiger charge is -2.44. The summed E-state index contributed by atoms with van der Waals surface area (Å²) in [7, 11) is 0. The monoisotopic (exact) mass is 482 g/mol. The van der Waals surface area contributed by atoms with Gasteiger partial charge in [-0.1, -0.05) is 36.4 Å². The van der Waals surface area contributed by atoms with Crippen molar-refractivity contribution in [3.05, 3.63) is 65.5 Å². The van der Waals surface area contributed by atoms with Crippen molar-refractivity contribution in [1.29, 1.82) is 0 Å². The molecule has 1 saturated heterocycles. The molecule has 0 aromatic heterocycles. The van der Waals surface area contributed by atoms with E-state index < -0.39 is 5.60 Å². The highest BCUT2D eigenvalue weighted by Gasteiger charge is 2.46. The van der Waals surface area contributed by atoms with Gasteiger partial charge in [0.1, 0.15) is 18.2 Å². The Morgan fingerprint density at radius 3 is 2.69 bits per heavy atom. The van der Waals surface area contributed by atoms with Gasteiger partial charge in [0, 0.05) is 19.5 Å². The van der Waals surface area contributed by atoms with Gasteiger partial charge in [-0.3, -0.25) is 9.59 Å². The zero-order chi connectivity index (χ0) is 24.7. The van der Waals surface area contributed by atoms with Gasteiger partial charge in [0.15, 0.2) is 5.60 Å². The van der Waals surface area contributed by atoms with E-state index in [1.54, 1.807) is 28.0 Å². The lowest BCUT2D eigenvalue weighted by molar-refractivity contribution is -0.176. The number of halogens is 1. The van der Waals surface area contributed by atoms with E-state index >= 15 is 0 Å². The molecule has 0 aliphatic carbocycles. The number of morpholine rings is 1. The van der Waals surface area contributed by atoms with Crippen LogP contribution in [0.25, 0.3) is 0 Å². The number of nitrogens with zero attached hydrogens (tertiary/aromatic N) is 2. The van der Waals surface area contributed by atoms with E-state index in [1.165, 1.54) is 11.6 Å². The Kier molecular flexibility index (Phi) is 8.39. The third-order valence-electron chi connectivity index (χ3n) is 7.03. The highest BCUT2D eigenvalue weighted by molar-refractivity contribution is 5.87. The molecule has 2 aliphatic heterocycles. The highest BCUT2D eigenvalue weighted by Crippen LogP contribution is 2.30. The number of likely N-dealkylation sites (N-methyl/N-ethyl adjacent to an activating group) is 1. The Morgan fingerprint density at radius 2 is 1.86 bits per heavy atom. The molecule has 1 fully saturated rings. The SMILES string of the molecule is CCN1CCOc2ccccc2CCCCC2(CN(C(=O)CCc3ccccc3F)CCO2)C1=O. The maximum absolute atomic E-state index is 14.0. The van der Waals surface area contributed by atoms with E-state index in [1.807, 2.05) is 25.1 Å². The first-order valence-corrected chi connectivity index (χ1v) is 12.7. The van der Waals surface area contributed by atoms with Crippen molar-refractivity contribution >= 4 is 11.8 Å². The van der Waals surface area contributed by atoms with Crippen molar-refractivity contribution in [2.75, 3.05) is 39.4 Å². The normalized spacial score (nSPS) is 21.6. The van der Waals surface area contributed by atoms with Crippen LogP contribution in [0, 0.1) is 5.82 Å². The molecular formula is C28H35FN2O4. The molecule has 1 unspecified atom stereocenters. The quantitative estimate of drug-likeness (QED) is 0.661. The summed E-state index contributed by atoms with van der Waals surface area (Å²) >= 11 is 0. The average Bonchev–Trinajstić information content (AvgIpc) is 2.88. The van der Waals surface area contributed by atoms with E-state index in [4.69, 9.17) is 9.47 Å². The fourth-order valence-electron chi connectivity index (χ4n) is 5.02. The second-order valence-corrected chi connectivity index (χ2v) is 9.30. The number of para-hydroxylation sites is 1. The summed E-state index contributed by atoms with van der Waals surface area (Å²) in [4.78, 5) is 30.4.